The maximum Gasteiger partial charge on any atom is 0.254 e. The van der Waals surface area contributed by atoms with Gasteiger partial charge < -0.3 is 16.8 Å². The summed E-state index contributed by atoms with van der Waals surface area (Å²) >= 11 is 0. The molecule has 5 N–H and O–H groups in total. The maximum absolute atomic E-state index is 13.4. The third-order valence-corrected chi connectivity index (χ3v) is 7.55. The van der Waals surface area contributed by atoms with Gasteiger partial charge in [-0.25, -0.2) is 4.98 Å². The molecule has 0 bridgehead atoms. The minimum absolute atomic E-state index is 0.114. The lowest BCUT2D eigenvalue weighted by molar-refractivity contribution is -0.0960. The number of primary amides is 1. The van der Waals surface area contributed by atoms with E-state index in [4.69, 9.17) is 11.5 Å². The van der Waals surface area contributed by atoms with Crippen LogP contribution in [-0.4, -0.2) is 51.2 Å². The predicted molar refractivity (Wildman–Crippen MR) is 115 cm³/mol. The first kappa shape index (κ1) is 20.4. The van der Waals surface area contributed by atoms with Gasteiger partial charge in [0.1, 0.15) is 5.56 Å². The number of anilines is 2. The fourth-order valence-corrected chi connectivity index (χ4v) is 5.67. The number of amides is 1. The fourth-order valence-electron chi connectivity index (χ4n) is 5.67. The quantitative estimate of drug-likeness (QED) is 0.610. The normalized spacial score (nSPS) is 27.5. The van der Waals surface area contributed by atoms with E-state index in [0.29, 0.717) is 29.5 Å². The molecule has 1 amide bonds. The zero-order chi connectivity index (χ0) is 21.6. The zero-order valence-corrected chi connectivity index (χ0v) is 17.6. The molecule has 0 radical (unpaired) electrons. The molecule has 3 aliphatic rings. The molecule has 2 saturated carbocycles. The Morgan fingerprint density at radius 2 is 2.13 bits per heavy atom. The molecule has 0 aromatic carbocycles. The van der Waals surface area contributed by atoms with Crippen LogP contribution in [0.4, 0.5) is 15.9 Å². The smallest absolute Gasteiger partial charge is 0.254 e. The molecule has 8 nitrogen and oxygen atoms in total. The monoisotopic (exact) mass is 427 g/mol. The summed E-state index contributed by atoms with van der Waals surface area (Å²) in [7, 11) is 0. The number of nitrogens with zero attached hydrogens (tertiary/aromatic N) is 4. The largest absolute Gasteiger partial charge is 0.365 e. The van der Waals surface area contributed by atoms with Crippen molar-refractivity contribution < 1.29 is 9.18 Å². The Hall–Kier alpha value is -2.52. The van der Waals surface area contributed by atoms with Crippen molar-refractivity contribution in [3.63, 3.8) is 0 Å². The van der Waals surface area contributed by atoms with Crippen LogP contribution in [0.5, 0.6) is 0 Å². The molecular formula is C22H30FN7O. The van der Waals surface area contributed by atoms with Crippen molar-refractivity contribution in [2.45, 2.75) is 50.6 Å². The lowest BCUT2D eigenvalue weighted by Gasteiger charge is -2.59. The Bertz CT molecular complexity index is 965. The molecule has 1 saturated heterocycles. The molecule has 31 heavy (non-hydrogen) atoms. The van der Waals surface area contributed by atoms with Crippen LogP contribution in [0.3, 0.4) is 0 Å². The van der Waals surface area contributed by atoms with E-state index in [2.05, 4.69) is 20.3 Å². The molecular weight excluding hydrogens is 397 g/mol. The van der Waals surface area contributed by atoms with Crippen LogP contribution >= 0.6 is 0 Å². The Morgan fingerprint density at radius 3 is 2.77 bits per heavy atom. The van der Waals surface area contributed by atoms with Crippen molar-refractivity contribution in [3.8, 4) is 0 Å². The van der Waals surface area contributed by atoms with E-state index in [1.54, 1.807) is 12.3 Å². The van der Waals surface area contributed by atoms with Gasteiger partial charge in [-0.2, -0.15) is 9.49 Å². The van der Waals surface area contributed by atoms with Crippen molar-refractivity contribution in [1.82, 2.24) is 19.7 Å². The van der Waals surface area contributed by atoms with Crippen LogP contribution in [0.2, 0.25) is 0 Å². The van der Waals surface area contributed by atoms with E-state index in [9.17, 15) is 9.18 Å². The number of nitrogens with one attached hydrogen (secondary N) is 1. The third-order valence-electron chi connectivity index (χ3n) is 7.55. The number of pyridine rings is 1. The Kier molecular flexibility index (Phi) is 5.18. The van der Waals surface area contributed by atoms with Crippen LogP contribution in [0.25, 0.3) is 0 Å². The van der Waals surface area contributed by atoms with Crippen LogP contribution < -0.4 is 16.8 Å². The van der Waals surface area contributed by atoms with Crippen LogP contribution in [-0.2, 0) is 0 Å². The molecule has 2 aromatic heterocycles. The molecule has 166 valence electrons. The number of halogens is 1. The average Bonchev–Trinajstić information content (AvgIpc) is 3.09. The highest BCUT2D eigenvalue weighted by atomic mass is 19.1. The second kappa shape index (κ2) is 7.87. The number of aromatic nitrogens is 3. The summed E-state index contributed by atoms with van der Waals surface area (Å²) in [5, 5.41) is 7.62. The minimum Gasteiger partial charge on any atom is -0.365 e. The maximum atomic E-state index is 13.4. The zero-order valence-electron chi connectivity index (χ0n) is 17.6. The van der Waals surface area contributed by atoms with E-state index < -0.39 is 11.9 Å². The van der Waals surface area contributed by atoms with E-state index in [-0.39, 0.29) is 17.5 Å². The first-order valence-electron chi connectivity index (χ1n) is 11.2. The first-order chi connectivity index (χ1) is 15.0. The fraction of sp³-hybridized carbons (Fsp3) is 0.591. The Labute approximate surface area is 181 Å². The Balaban J connectivity index is 1.31. The van der Waals surface area contributed by atoms with Gasteiger partial charge >= 0.3 is 0 Å². The van der Waals surface area contributed by atoms with Gasteiger partial charge in [-0.05, 0) is 56.0 Å². The summed E-state index contributed by atoms with van der Waals surface area (Å²) < 4.78 is 15.3. The van der Waals surface area contributed by atoms with Crippen molar-refractivity contribution >= 4 is 17.4 Å². The Morgan fingerprint density at radius 1 is 1.32 bits per heavy atom. The van der Waals surface area contributed by atoms with Crippen molar-refractivity contribution in [3.05, 3.63) is 36.0 Å². The van der Waals surface area contributed by atoms with Gasteiger partial charge in [-0.15, -0.1) is 0 Å². The van der Waals surface area contributed by atoms with E-state index in [1.807, 2.05) is 4.68 Å². The highest BCUT2D eigenvalue weighted by molar-refractivity contribution is 5.98. The summed E-state index contributed by atoms with van der Waals surface area (Å²) in [6.07, 6.45) is 10.3. The number of hydrogen-bond donors (Lipinski definition) is 3. The SMILES string of the molecule is NC[C@H]1C[C@@H](N2CC3(CCC3)C2)CC[C@@H]1n1cc(C(N)=O)c(Nc2ccnc(F)c2)n1. The topological polar surface area (TPSA) is 115 Å². The summed E-state index contributed by atoms with van der Waals surface area (Å²) in [5.74, 6) is -0.580. The lowest BCUT2D eigenvalue weighted by Crippen LogP contribution is -2.63. The molecule has 3 atom stereocenters. The first-order valence-corrected chi connectivity index (χ1v) is 11.2. The molecule has 0 unspecified atom stereocenters. The van der Waals surface area contributed by atoms with Crippen LogP contribution in [0.1, 0.15) is 54.9 Å². The third kappa shape index (κ3) is 3.80. The summed E-state index contributed by atoms with van der Waals surface area (Å²) in [6, 6.07) is 3.56. The van der Waals surface area contributed by atoms with Gasteiger partial charge in [-0.3, -0.25) is 14.4 Å². The van der Waals surface area contributed by atoms with Gasteiger partial charge in [0.2, 0.25) is 5.95 Å². The summed E-state index contributed by atoms with van der Waals surface area (Å²) in [4.78, 5) is 18.2. The second-order valence-corrected chi connectivity index (χ2v) is 9.52. The summed E-state index contributed by atoms with van der Waals surface area (Å²) in [5.41, 5.74) is 13.1. The standard InChI is InChI=1S/C22H30FN7O/c23-19-9-15(4-7-26-19)27-21-17(20(25)31)11-30(28-21)18-3-2-16(8-14(18)10-24)29-12-22(13-29)5-1-6-22/h4,7,9,11,14,16,18H,1-3,5-6,8,10,12-13,24H2,(H2,25,31)(H,26,27,28)/t14-,16+,18+/m1/s1. The highest BCUT2D eigenvalue weighted by Gasteiger charge is 2.50. The summed E-state index contributed by atoms with van der Waals surface area (Å²) in [6.45, 7) is 3.05. The molecule has 2 aliphatic carbocycles. The minimum atomic E-state index is -0.610. The van der Waals surface area contributed by atoms with Gasteiger partial charge in [0.25, 0.3) is 5.91 Å². The molecule has 5 rings (SSSR count). The van der Waals surface area contributed by atoms with Gasteiger partial charge in [0, 0.05) is 43.3 Å². The number of nitrogens with two attached hydrogens (primary N) is 2. The number of likely N-dealkylation sites (tertiary alicyclic amines) is 1. The van der Waals surface area contributed by atoms with Crippen molar-refractivity contribution in [2.24, 2.45) is 22.8 Å². The van der Waals surface area contributed by atoms with Crippen LogP contribution in [0, 0.1) is 17.3 Å². The van der Waals surface area contributed by atoms with Gasteiger partial charge in [-0.1, -0.05) is 6.42 Å². The molecule has 2 aromatic rings. The average molecular weight is 428 g/mol. The van der Waals surface area contributed by atoms with Crippen LogP contribution in [0.15, 0.2) is 24.5 Å². The molecule has 1 aliphatic heterocycles. The van der Waals surface area contributed by atoms with Crippen molar-refractivity contribution in [1.29, 1.82) is 0 Å². The lowest BCUT2D eigenvalue weighted by atomic mass is 9.62. The number of carbonyl (C=O) groups excluding carboxylic acids is 1. The number of hydrogen-bond acceptors (Lipinski definition) is 6. The highest BCUT2D eigenvalue weighted by Crippen LogP contribution is 2.50. The number of rotatable bonds is 6. The second-order valence-electron chi connectivity index (χ2n) is 9.52. The molecule has 3 heterocycles. The number of carbonyl (C=O) groups is 1. The molecule has 1 spiro atoms. The van der Waals surface area contributed by atoms with E-state index >= 15 is 0 Å². The van der Waals surface area contributed by atoms with Gasteiger partial charge in [0.05, 0.1) is 6.04 Å². The molecule has 9 heteroatoms. The molecule has 3 fully saturated rings. The van der Waals surface area contributed by atoms with Gasteiger partial charge in [0.15, 0.2) is 5.82 Å². The van der Waals surface area contributed by atoms with E-state index in [1.165, 1.54) is 44.6 Å². The van der Waals surface area contributed by atoms with Crippen molar-refractivity contribution in [2.75, 3.05) is 25.0 Å². The van der Waals surface area contributed by atoms with E-state index in [0.717, 1.165) is 19.3 Å². The predicted octanol–water partition coefficient (Wildman–Crippen LogP) is 2.41.